The van der Waals surface area contributed by atoms with Gasteiger partial charge in [-0.3, -0.25) is 0 Å². The number of aromatic nitrogens is 1. The Morgan fingerprint density at radius 3 is 2.53 bits per heavy atom. The molecule has 0 aliphatic carbocycles. The summed E-state index contributed by atoms with van der Waals surface area (Å²) in [6.07, 6.45) is 9.23. The second-order valence-corrected chi connectivity index (χ2v) is 8.89. The van der Waals surface area contributed by atoms with Crippen LogP contribution in [0.5, 0.6) is 5.75 Å². The molecule has 0 saturated carbocycles. The Morgan fingerprint density at radius 1 is 0.765 bits per heavy atom. The zero-order chi connectivity index (χ0) is 22.6. The van der Waals surface area contributed by atoms with Gasteiger partial charge in [-0.2, -0.15) is 0 Å². The Bertz CT molecular complexity index is 1780. The molecule has 0 bridgehead atoms. The maximum atomic E-state index is 6.61. The van der Waals surface area contributed by atoms with Crippen LogP contribution in [0.4, 0.5) is 0 Å². The molecule has 3 heterocycles. The first-order valence-corrected chi connectivity index (χ1v) is 11.8. The van der Waals surface area contributed by atoms with Crippen LogP contribution in [0.15, 0.2) is 108 Å². The van der Waals surface area contributed by atoms with E-state index in [4.69, 9.17) is 9.15 Å². The summed E-state index contributed by atoms with van der Waals surface area (Å²) >= 11 is 0. The molecule has 7 rings (SSSR count). The summed E-state index contributed by atoms with van der Waals surface area (Å²) in [4.78, 5) is 0. The minimum Gasteiger partial charge on any atom is -0.484 e. The van der Waals surface area contributed by atoms with Gasteiger partial charge in [-0.05, 0) is 37.6 Å². The van der Waals surface area contributed by atoms with Crippen LogP contribution in [0.2, 0.25) is 0 Å². The first-order valence-electron chi connectivity index (χ1n) is 11.8. The number of fused-ring (bicyclic) bond motifs is 8. The van der Waals surface area contributed by atoms with Crippen molar-refractivity contribution < 1.29 is 9.15 Å². The van der Waals surface area contributed by atoms with E-state index in [1.165, 1.54) is 16.3 Å². The Hall–Kier alpha value is -4.24. The molecule has 0 spiro atoms. The lowest BCUT2D eigenvalue weighted by Crippen LogP contribution is -2.10. The van der Waals surface area contributed by atoms with Crippen molar-refractivity contribution in [3.63, 3.8) is 0 Å². The Labute approximate surface area is 197 Å². The fourth-order valence-electron chi connectivity index (χ4n) is 5.24. The monoisotopic (exact) mass is 441 g/mol. The third kappa shape index (κ3) is 2.77. The first-order chi connectivity index (χ1) is 16.8. The smallest absolute Gasteiger partial charge is 0.159 e. The quantitative estimate of drug-likeness (QED) is 0.258. The van der Waals surface area contributed by atoms with E-state index in [1.807, 2.05) is 12.1 Å². The summed E-state index contributed by atoms with van der Waals surface area (Å²) < 4.78 is 15.4. The highest BCUT2D eigenvalue weighted by Gasteiger charge is 2.22. The van der Waals surface area contributed by atoms with Gasteiger partial charge >= 0.3 is 0 Å². The van der Waals surface area contributed by atoms with Crippen LogP contribution in [0, 0.1) is 0 Å². The molecule has 3 heteroatoms. The highest BCUT2D eigenvalue weighted by molar-refractivity contribution is 6.14. The minimum absolute atomic E-state index is 0.0412. The summed E-state index contributed by atoms with van der Waals surface area (Å²) in [6.45, 7) is 2.09. The van der Waals surface area contributed by atoms with Crippen molar-refractivity contribution in [1.82, 2.24) is 4.57 Å². The van der Waals surface area contributed by atoms with Gasteiger partial charge in [-0.15, -0.1) is 0 Å². The molecule has 1 aliphatic heterocycles. The van der Waals surface area contributed by atoms with Crippen LogP contribution in [0.25, 0.3) is 49.4 Å². The van der Waals surface area contributed by atoms with Crippen molar-refractivity contribution in [2.24, 2.45) is 0 Å². The molecule has 3 nitrogen and oxygen atoms in total. The van der Waals surface area contributed by atoms with E-state index in [1.54, 1.807) is 0 Å². The van der Waals surface area contributed by atoms with Crippen LogP contribution < -0.4 is 4.74 Å². The summed E-state index contributed by atoms with van der Waals surface area (Å²) in [7, 11) is 0. The van der Waals surface area contributed by atoms with E-state index in [-0.39, 0.29) is 6.10 Å². The van der Waals surface area contributed by atoms with E-state index < -0.39 is 0 Å². The number of rotatable bonds is 1. The van der Waals surface area contributed by atoms with Gasteiger partial charge in [0, 0.05) is 27.1 Å². The van der Waals surface area contributed by atoms with E-state index in [0.717, 1.165) is 50.8 Å². The van der Waals surface area contributed by atoms with E-state index in [9.17, 15) is 0 Å². The minimum atomic E-state index is -0.0412. The summed E-state index contributed by atoms with van der Waals surface area (Å²) in [5, 5.41) is 4.64. The van der Waals surface area contributed by atoms with E-state index in [2.05, 4.69) is 103 Å². The predicted molar refractivity (Wildman–Crippen MR) is 140 cm³/mol. The van der Waals surface area contributed by atoms with Crippen molar-refractivity contribution in [3.05, 3.63) is 109 Å². The number of furan rings is 1. The number of nitrogens with zero attached hydrogens (tertiary/aromatic N) is 1. The van der Waals surface area contributed by atoms with Crippen LogP contribution in [-0.4, -0.2) is 10.7 Å². The zero-order valence-electron chi connectivity index (χ0n) is 18.9. The lowest BCUT2D eigenvalue weighted by atomic mass is 10.1. The standard InChI is InChI=1S/C31H23NO2/c1-20-10-3-2-4-11-21-18-19-24-22-12-5-7-15-26(22)32(29(24)30(21)33-20)27-16-9-14-25-23-13-6-8-17-28(23)34-31(25)27/h2-10,12-20H,11H2,1H3/b4-2-,10-3-. The Balaban J connectivity index is 1.65. The molecule has 1 aliphatic rings. The van der Waals surface area contributed by atoms with Crippen molar-refractivity contribution in [3.8, 4) is 11.4 Å². The van der Waals surface area contributed by atoms with Crippen molar-refractivity contribution >= 4 is 43.7 Å². The Morgan fingerprint density at radius 2 is 1.59 bits per heavy atom. The molecule has 2 aromatic heterocycles. The number of hydrogen-bond acceptors (Lipinski definition) is 2. The average molecular weight is 442 g/mol. The molecule has 164 valence electrons. The van der Waals surface area contributed by atoms with Crippen LogP contribution in [0.1, 0.15) is 12.5 Å². The third-order valence-electron chi connectivity index (χ3n) is 6.77. The molecule has 0 N–H and O–H groups in total. The topological polar surface area (TPSA) is 27.3 Å². The van der Waals surface area contributed by atoms with Gasteiger partial charge in [0.1, 0.15) is 17.4 Å². The highest BCUT2D eigenvalue weighted by Crippen LogP contribution is 2.42. The summed E-state index contributed by atoms with van der Waals surface area (Å²) in [5.41, 5.74) is 6.22. The van der Waals surface area contributed by atoms with E-state index in [0.29, 0.717) is 0 Å². The molecule has 1 unspecified atom stereocenters. The highest BCUT2D eigenvalue weighted by atomic mass is 16.5. The number of para-hydroxylation sites is 3. The van der Waals surface area contributed by atoms with E-state index >= 15 is 0 Å². The SMILES string of the molecule is CC1/C=C\C=C/Cc2ccc3c4ccccc4n(-c4cccc5c4oc4ccccc45)c3c2O1. The lowest BCUT2D eigenvalue weighted by Gasteiger charge is -2.18. The normalized spacial score (nSPS) is 17.9. The van der Waals surface area contributed by atoms with Gasteiger partial charge in [-0.25, -0.2) is 0 Å². The van der Waals surface area contributed by atoms with Gasteiger partial charge in [0.2, 0.25) is 0 Å². The lowest BCUT2D eigenvalue weighted by molar-refractivity contribution is 0.270. The fraction of sp³-hybridized carbons (Fsp3) is 0.0968. The molecule has 0 amide bonds. The molecule has 1 atom stereocenters. The van der Waals surface area contributed by atoms with Crippen LogP contribution >= 0.6 is 0 Å². The number of benzene rings is 4. The number of hydrogen-bond donors (Lipinski definition) is 0. The van der Waals surface area contributed by atoms with Crippen molar-refractivity contribution in [1.29, 1.82) is 0 Å². The maximum absolute atomic E-state index is 6.61. The number of ether oxygens (including phenoxy) is 1. The fourth-order valence-corrected chi connectivity index (χ4v) is 5.24. The molecule has 4 aromatic carbocycles. The molecule has 6 aromatic rings. The van der Waals surface area contributed by atoms with Gasteiger partial charge in [0.25, 0.3) is 0 Å². The van der Waals surface area contributed by atoms with Gasteiger partial charge < -0.3 is 13.7 Å². The molecule has 0 saturated heterocycles. The second kappa shape index (κ2) is 7.39. The second-order valence-electron chi connectivity index (χ2n) is 8.89. The average Bonchev–Trinajstić information content (AvgIpc) is 3.43. The number of allylic oxidation sites excluding steroid dienone is 3. The van der Waals surface area contributed by atoms with Crippen LogP contribution in [0.3, 0.4) is 0 Å². The Kier molecular flexibility index (Phi) is 4.18. The van der Waals surface area contributed by atoms with Gasteiger partial charge in [0.05, 0.1) is 16.7 Å². The first kappa shape index (κ1) is 19.2. The predicted octanol–water partition coefficient (Wildman–Crippen LogP) is 8.12. The van der Waals surface area contributed by atoms with Crippen LogP contribution in [-0.2, 0) is 6.42 Å². The molecule has 34 heavy (non-hydrogen) atoms. The summed E-state index contributed by atoms with van der Waals surface area (Å²) in [6, 6.07) is 27.7. The molecule has 0 radical (unpaired) electrons. The zero-order valence-corrected chi connectivity index (χ0v) is 18.9. The van der Waals surface area contributed by atoms with Crippen molar-refractivity contribution in [2.45, 2.75) is 19.4 Å². The third-order valence-corrected chi connectivity index (χ3v) is 6.77. The van der Waals surface area contributed by atoms with Gasteiger partial charge in [-0.1, -0.05) is 78.9 Å². The molecular weight excluding hydrogens is 418 g/mol. The molecular formula is C31H23NO2. The maximum Gasteiger partial charge on any atom is 0.159 e. The van der Waals surface area contributed by atoms with Gasteiger partial charge in [0.15, 0.2) is 5.58 Å². The molecule has 0 fully saturated rings. The van der Waals surface area contributed by atoms with Crippen molar-refractivity contribution in [2.75, 3.05) is 0 Å². The summed E-state index contributed by atoms with van der Waals surface area (Å²) in [5.74, 6) is 0.936. The largest absolute Gasteiger partial charge is 0.484 e.